The number of nitroso groups, excluding NO2 is 1. The van der Waals surface area contributed by atoms with E-state index >= 15 is 0 Å². The molecule has 4 aliphatic rings. The lowest BCUT2D eigenvalue weighted by atomic mass is 9.78. The zero-order valence-corrected chi connectivity index (χ0v) is 9.80. The lowest BCUT2D eigenvalue weighted by molar-refractivity contribution is -0.206. The average molecular weight is 239 g/mol. The van der Waals surface area contributed by atoms with E-state index in [1.165, 1.54) is 0 Å². The molecule has 0 aromatic heterocycles. The molecule has 6 atom stereocenters. The molecular formula is C12H17NO4. The molecular weight excluding hydrogens is 222 g/mol. The second-order valence-electron chi connectivity index (χ2n) is 6.48. The molecule has 5 heteroatoms. The van der Waals surface area contributed by atoms with E-state index in [4.69, 9.17) is 4.74 Å². The number of aliphatic hydroxyl groups excluding tert-OH is 2. The molecule has 1 aliphatic heterocycles. The molecule has 2 N–H and O–H groups in total. The molecule has 4 fully saturated rings. The van der Waals surface area contributed by atoms with Crippen molar-refractivity contribution in [2.45, 2.75) is 62.1 Å². The van der Waals surface area contributed by atoms with Crippen LogP contribution in [0.1, 0.15) is 32.6 Å². The third-order valence-electron chi connectivity index (χ3n) is 5.54. The first-order valence-electron chi connectivity index (χ1n) is 6.41. The van der Waals surface area contributed by atoms with Crippen molar-refractivity contribution in [1.29, 1.82) is 0 Å². The van der Waals surface area contributed by atoms with Gasteiger partial charge in [-0.05, 0) is 25.2 Å². The summed E-state index contributed by atoms with van der Waals surface area (Å²) >= 11 is 0. The zero-order chi connectivity index (χ0) is 12.1. The maximum atomic E-state index is 11.1. The summed E-state index contributed by atoms with van der Waals surface area (Å²) in [6.45, 7) is 2.05. The van der Waals surface area contributed by atoms with E-state index in [0.717, 1.165) is 19.3 Å². The van der Waals surface area contributed by atoms with Gasteiger partial charge in [-0.2, -0.15) is 4.91 Å². The van der Waals surface area contributed by atoms with E-state index in [1.54, 1.807) is 0 Å². The maximum Gasteiger partial charge on any atom is 0.132 e. The largest absolute Gasteiger partial charge is 0.390 e. The summed E-state index contributed by atoms with van der Waals surface area (Å²) in [6, 6.07) is -0.571. The molecule has 3 aliphatic carbocycles. The second-order valence-corrected chi connectivity index (χ2v) is 6.48. The highest BCUT2D eigenvalue weighted by Gasteiger charge is 2.82. The fourth-order valence-corrected chi connectivity index (χ4v) is 4.06. The molecule has 0 amide bonds. The van der Waals surface area contributed by atoms with Crippen molar-refractivity contribution in [1.82, 2.24) is 0 Å². The van der Waals surface area contributed by atoms with Crippen LogP contribution >= 0.6 is 0 Å². The van der Waals surface area contributed by atoms with Gasteiger partial charge in [-0.15, -0.1) is 0 Å². The summed E-state index contributed by atoms with van der Waals surface area (Å²) < 4.78 is 6.01. The quantitative estimate of drug-likeness (QED) is 0.656. The molecule has 17 heavy (non-hydrogen) atoms. The summed E-state index contributed by atoms with van der Waals surface area (Å²) in [6.07, 6.45) is 1.81. The van der Waals surface area contributed by atoms with Crippen molar-refractivity contribution in [3.8, 4) is 0 Å². The summed E-state index contributed by atoms with van der Waals surface area (Å²) in [5.74, 6) is 0.312. The average Bonchev–Trinajstić information content (AvgIpc) is 3.18. The Bertz CT molecular complexity index is 407. The number of hydrogen-bond acceptors (Lipinski definition) is 5. The number of rotatable bonds is 1. The monoisotopic (exact) mass is 239 g/mol. The van der Waals surface area contributed by atoms with E-state index in [-0.39, 0.29) is 0 Å². The number of aliphatic hydroxyl groups is 2. The highest BCUT2D eigenvalue weighted by Crippen LogP contribution is 2.72. The summed E-state index contributed by atoms with van der Waals surface area (Å²) in [4.78, 5) is 11.1. The van der Waals surface area contributed by atoms with Gasteiger partial charge >= 0.3 is 0 Å². The van der Waals surface area contributed by atoms with Crippen LogP contribution in [0.3, 0.4) is 0 Å². The Balaban J connectivity index is 1.78. The number of nitrogens with zero attached hydrogens (tertiary/aromatic N) is 1. The summed E-state index contributed by atoms with van der Waals surface area (Å²) in [5, 5.41) is 23.5. The first kappa shape index (κ1) is 10.4. The smallest absolute Gasteiger partial charge is 0.132 e. The molecule has 4 rings (SSSR count). The first-order chi connectivity index (χ1) is 8.02. The van der Waals surface area contributed by atoms with Gasteiger partial charge in [0.1, 0.15) is 11.6 Å². The second kappa shape index (κ2) is 2.58. The van der Waals surface area contributed by atoms with E-state index in [0.29, 0.717) is 12.3 Å². The van der Waals surface area contributed by atoms with Crippen LogP contribution in [0.5, 0.6) is 0 Å². The van der Waals surface area contributed by atoms with Gasteiger partial charge in [0.05, 0.1) is 17.8 Å². The van der Waals surface area contributed by atoms with Crippen LogP contribution < -0.4 is 0 Å². The van der Waals surface area contributed by atoms with Crippen LogP contribution in [0.25, 0.3) is 0 Å². The molecule has 1 unspecified atom stereocenters. The van der Waals surface area contributed by atoms with Crippen molar-refractivity contribution in [2.24, 2.45) is 16.5 Å². The van der Waals surface area contributed by atoms with Crippen LogP contribution in [-0.2, 0) is 4.74 Å². The van der Waals surface area contributed by atoms with Crippen LogP contribution in [-0.4, -0.2) is 39.7 Å². The topological polar surface area (TPSA) is 79.1 Å². The Hall–Kier alpha value is -0.520. The minimum Gasteiger partial charge on any atom is -0.390 e. The fraction of sp³-hybridized carbons (Fsp3) is 1.00. The Kier molecular flexibility index (Phi) is 1.58. The van der Waals surface area contributed by atoms with Crippen LogP contribution in [0.15, 0.2) is 5.18 Å². The third kappa shape index (κ3) is 0.948. The lowest BCUT2D eigenvalue weighted by Gasteiger charge is -2.45. The molecule has 0 bridgehead atoms. The summed E-state index contributed by atoms with van der Waals surface area (Å²) in [7, 11) is 0. The highest BCUT2D eigenvalue weighted by molar-refractivity contribution is 5.32. The Morgan fingerprint density at radius 1 is 1.24 bits per heavy atom. The third-order valence-corrected chi connectivity index (χ3v) is 5.54. The SMILES string of the molecule is C[C@H]1CC12O[C@]1(C[C@@H]1O)[C@@H](N=O)C1(CC1)[C@H]2O. The van der Waals surface area contributed by atoms with Crippen LogP contribution in [0.4, 0.5) is 0 Å². The zero-order valence-electron chi connectivity index (χ0n) is 9.80. The van der Waals surface area contributed by atoms with E-state index in [1.807, 2.05) is 0 Å². The minimum atomic E-state index is -0.776. The first-order valence-corrected chi connectivity index (χ1v) is 6.41. The molecule has 0 radical (unpaired) electrons. The van der Waals surface area contributed by atoms with Gasteiger partial charge in [0.25, 0.3) is 0 Å². The summed E-state index contributed by atoms with van der Waals surface area (Å²) in [5.41, 5.74) is -1.68. The molecule has 1 saturated heterocycles. The molecule has 3 spiro atoms. The van der Waals surface area contributed by atoms with Crippen molar-refractivity contribution in [3.63, 3.8) is 0 Å². The molecule has 0 aromatic rings. The molecule has 1 heterocycles. The van der Waals surface area contributed by atoms with Gasteiger partial charge in [-0.3, -0.25) is 0 Å². The molecule has 3 saturated carbocycles. The van der Waals surface area contributed by atoms with E-state index < -0.39 is 34.9 Å². The predicted octanol–water partition coefficient (Wildman–Crippen LogP) is 0.575. The normalized spacial score (nSPS) is 61.8. The number of hydrogen-bond donors (Lipinski definition) is 2. The maximum absolute atomic E-state index is 11.1. The fourth-order valence-electron chi connectivity index (χ4n) is 4.06. The van der Waals surface area contributed by atoms with Crippen LogP contribution in [0, 0.1) is 16.2 Å². The lowest BCUT2D eigenvalue weighted by Crippen LogP contribution is -2.59. The van der Waals surface area contributed by atoms with Gasteiger partial charge < -0.3 is 14.9 Å². The van der Waals surface area contributed by atoms with E-state index in [9.17, 15) is 15.1 Å². The van der Waals surface area contributed by atoms with Crippen molar-refractivity contribution < 1.29 is 14.9 Å². The number of ether oxygens (including phenoxy) is 1. The minimum absolute atomic E-state index is 0.312. The Morgan fingerprint density at radius 3 is 2.18 bits per heavy atom. The van der Waals surface area contributed by atoms with Crippen molar-refractivity contribution in [3.05, 3.63) is 4.91 Å². The van der Waals surface area contributed by atoms with Gasteiger partial charge in [-0.1, -0.05) is 12.1 Å². The predicted molar refractivity (Wildman–Crippen MR) is 58.2 cm³/mol. The van der Waals surface area contributed by atoms with Crippen molar-refractivity contribution in [2.75, 3.05) is 0 Å². The highest BCUT2D eigenvalue weighted by atomic mass is 16.6. The van der Waals surface area contributed by atoms with Crippen LogP contribution in [0.2, 0.25) is 0 Å². The standard InChI is InChI=1S/C12H17NO4/c1-6-4-11(6)9(15)10(2-3-10)8(13-16)12(17-11)5-7(12)14/h6-9,14-15H,2-5H2,1H3/t6-,7-,8-,9+,11?,12-/m0/s1. The molecule has 94 valence electrons. The Labute approximate surface area is 99.1 Å². The van der Waals surface area contributed by atoms with Gasteiger partial charge in [0, 0.05) is 11.8 Å². The Morgan fingerprint density at radius 2 is 1.82 bits per heavy atom. The van der Waals surface area contributed by atoms with Gasteiger partial charge in [-0.25, -0.2) is 0 Å². The molecule has 0 aromatic carbocycles. The van der Waals surface area contributed by atoms with Gasteiger partial charge in [0.15, 0.2) is 0 Å². The van der Waals surface area contributed by atoms with Gasteiger partial charge in [0.2, 0.25) is 0 Å². The van der Waals surface area contributed by atoms with E-state index in [2.05, 4.69) is 12.1 Å². The van der Waals surface area contributed by atoms with Crippen molar-refractivity contribution >= 4 is 0 Å². The molecule has 5 nitrogen and oxygen atoms in total.